The molecule has 368 valence electrons. The van der Waals surface area contributed by atoms with E-state index in [2.05, 4.69) is 27.5 Å². The standard InChI is InChI=1S/C48H84N4O12/c1-14-37-47(10,56)41(53)33(6)50-27-29(2)25-45(8,55)42(64-44-40(36(49-11)24-30(3)59-44)61-35-18-16-15-17-19-35)31(4)39(32(5)43(54)62-37)63-38-26-46(9,58-13)48(57,34(7)60-38)28-52-22-20-51(12)21-23-52/h15-19,29-34,36-42,44,49-50,53,55-57H,14,20-28H2,1-13H3/t29?,30-,31?,32?,33?,34+,36+,37?,38+,39?,40-,41?,42?,44+,45?,46-,47?,48+/m1/s1. The number of likely N-dealkylation sites (N-methyl/N-ethyl adjacent to an activating group) is 2. The van der Waals surface area contributed by atoms with Crippen molar-refractivity contribution in [1.29, 1.82) is 0 Å². The maximum absolute atomic E-state index is 14.6. The van der Waals surface area contributed by atoms with Gasteiger partial charge in [0.1, 0.15) is 34.8 Å². The Morgan fingerprint density at radius 2 is 1.58 bits per heavy atom. The molecule has 4 fully saturated rings. The average Bonchev–Trinajstić information content (AvgIpc) is 3.25. The van der Waals surface area contributed by atoms with Crippen LogP contribution in [0.15, 0.2) is 30.3 Å². The fourth-order valence-electron chi connectivity index (χ4n) is 10.6. The van der Waals surface area contributed by atoms with Crippen LogP contribution in [0.5, 0.6) is 5.75 Å². The first-order valence-corrected chi connectivity index (χ1v) is 23.8. The number of ether oxygens (including phenoxy) is 7. The van der Waals surface area contributed by atoms with E-state index in [1.54, 1.807) is 34.8 Å². The molecule has 0 aliphatic carbocycles. The highest BCUT2D eigenvalue weighted by molar-refractivity contribution is 5.73. The molecule has 4 aliphatic rings. The van der Waals surface area contributed by atoms with E-state index in [-0.39, 0.29) is 37.3 Å². The number of nitrogens with zero attached hydrogens (tertiary/aromatic N) is 2. The van der Waals surface area contributed by atoms with Gasteiger partial charge in [-0.3, -0.25) is 9.69 Å². The van der Waals surface area contributed by atoms with E-state index in [1.807, 2.05) is 72.0 Å². The van der Waals surface area contributed by atoms with Crippen molar-refractivity contribution in [2.75, 3.05) is 60.5 Å². The molecule has 0 saturated carbocycles. The third-order valence-corrected chi connectivity index (χ3v) is 15.0. The second-order valence-electron chi connectivity index (χ2n) is 20.4. The zero-order valence-corrected chi connectivity index (χ0v) is 41.0. The number of benzene rings is 1. The minimum atomic E-state index is -1.82. The molecule has 64 heavy (non-hydrogen) atoms. The van der Waals surface area contributed by atoms with Crippen molar-refractivity contribution in [3.8, 4) is 5.75 Å². The number of aliphatic hydroxyl groups is 4. The average molecular weight is 909 g/mol. The SMILES string of the molecule is CCC1OC(=O)C(C)C(O[C@H]2C[C@@](C)(OC)[C@](O)(CN3CCN(C)CC3)[C@H](C)O2)C(C)C(O[C@@H]2O[C@H](C)C[C@H](NC)[C@H]2Oc2ccccc2)C(C)(O)CC(C)CNC(C)C(O)C1(C)O. The molecule has 4 aliphatic heterocycles. The Bertz CT molecular complexity index is 1600. The molecule has 0 spiro atoms. The number of hydrogen-bond donors (Lipinski definition) is 6. The van der Waals surface area contributed by atoms with Crippen molar-refractivity contribution < 1.29 is 58.4 Å². The normalized spacial score (nSPS) is 45.2. The Morgan fingerprint density at radius 3 is 2.19 bits per heavy atom. The summed E-state index contributed by atoms with van der Waals surface area (Å²) < 4.78 is 46.3. The molecule has 16 heteroatoms. The summed E-state index contributed by atoms with van der Waals surface area (Å²) in [6.07, 6.45) is -6.81. The number of carbonyl (C=O) groups excluding carboxylic acids is 1. The van der Waals surface area contributed by atoms with Crippen LogP contribution < -0.4 is 15.4 Å². The van der Waals surface area contributed by atoms with E-state index in [0.717, 1.165) is 26.2 Å². The zero-order valence-electron chi connectivity index (χ0n) is 41.0. The van der Waals surface area contributed by atoms with Crippen molar-refractivity contribution in [1.82, 2.24) is 20.4 Å². The zero-order chi connectivity index (χ0) is 47.4. The van der Waals surface area contributed by atoms with Crippen LogP contribution in [0.2, 0.25) is 0 Å². The highest BCUT2D eigenvalue weighted by Gasteiger charge is 2.59. The number of aliphatic hydroxyl groups excluding tert-OH is 1. The molecule has 0 radical (unpaired) electrons. The van der Waals surface area contributed by atoms with Gasteiger partial charge in [-0.05, 0) is 106 Å². The van der Waals surface area contributed by atoms with Gasteiger partial charge in [-0.2, -0.15) is 0 Å². The topological polar surface area (TPSA) is 193 Å². The fourth-order valence-corrected chi connectivity index (χ4v) is 10.6. The third kappa shape index (κ3) is 12.0. The summed E-state index contributed by atoms with van der Waals surface area (Å²) in [5.41, 5.74) is -5.93. The van der Waals surface area contributed by atoms with Crippen LogP contribution in [0, 0.1) is 17.8 Å². The predicted molar refractivity (Wildman–Crippen MR) is 243 cm³/mol. The summed E-state index contributed by atoms with van der Waals surface area (Å²) in [5, 5.41) is 55.5. The number of carbonyl (C=O) groups is 1. The molecule has 5 rings (SSSR count). The van der Waals surface area contributed by atoms with Gasteiger partial charge in [0.05, 0.1) is 42.0 Å². The Hall–Kier alpha value is -2.03. The summed E-state index contributed by atoms with van der Waals surface area (Å²) in [5.74, 6) is -1.98. The second kappa shape index (κ2) is 21.9. The summed E-state index contributed by atoms with van der Waals surface area (Å²) >= 11 is 0. The number of piperazine rings is 1. The van der Waals surface area contributed by atoms with Crippen molar-refractivity contribution >= 4 is 5.97 Å². The van der Waals surface area contributed by atoms with E-state index < -0.39 is 95.5 Å². The molecule has 1 aromatic rings. The number of hydrogen-bond acceptors (Lipinski definition) is 16. The highest BCUT2D eigenvalue weighted by Crippen LogP contribution is 2.44. The first kappa shape index (κ1) is 52.9. The van der Waals surface area contributed by atoms with E-state index in [0.29, 0.717) is 25.3 Å². The van der Waals surface area contributed by atoms with Gasteiger partial charge < -0.3 is 69.1 Å². The van der Waals surface area contributed by atoms with Crippen LogP contribution in [0.3, 0.4) is 0 Å². The largest absolute Gasteiger partial charge is 0.483 e. The van der Waals surface area contributed by atoms with Gasteiger partial charge in [-0.1, -0.05) is 39.0 Å². The van der Waals surface area contributed by atoms with Crippen LogP contribution in [0.1, 0.15) is 94.9 Å². The summed E-state index contributed by atoms with van der Waals surface area (Å²) in [7, 11) is 5.54. The summed E-state index contributed by atoms with van der Waals surface area (Å²) in [4.78, 5) is 19.1. The molecule has 4 heterocycles. The quantitative estimate of drug-likeness (QED) is 0.178. The Kier molecular flexibility index (Phi) is 18.1. The van der Waals surface area contributed by atoms with Gasteiger partial charge in [-0.15, -0.1) is 0 Å². The van der Waals surface area contributed by atoms with E-state index in [4.69, 9.17) is 33.2 Å². The Labute approximate surface area is 382 Å². The lowest BCUT2D eigenvalue weighted by atomic mass is 9.74. The lowest BCUT2D eigenvalue weighted by molar-refractivity contribution is -0.338. The summed E-state index contributed by atoms with van der Waals surface area (Å²) in [6.45, 7) is 22.1. The van der Waals surface area contributed by atoms with Crippen molar-refractivity contribution in [2.45, 2.75) is 185 Å². The van der Waals surface area contributed by atoms with Gasteiger partial charge in [0, 0.05) is 58.2 Å². The molecular weight excluding hydrogens is 825 g/mol. The monoisotopic (exact) mass is 909 g/mol. The number of β-amino-alcohol motifs (C(OH)–C–C–N with tert-alkyl or cyclic N) is 1. The van der Waals surface area contributed by atoms with Gasteiger partial charge in [0.25, 0.3) is 0 Å². The fraction of sp³-hybridized carbons (Fsp3) is 0.854. The lowest BCUT2D eigenvalue weighted by Gasteiger charge is -2.55. The molecule has 10 unspecified atom stereocenters. The molecule has 0 bridgehead atoms. The molecule has 4 saturated heterocycles. The number of para-hydroxylation sites is 1. The van der Waals surface area contributed by atoms with Gasteiger partial charge >= 0.3 is 5.97 Å². The molecule has 0 amide bonds. The number of rotatable bonds is 11. The van der Waals surface area contributed by atoms with E-state index in [1.165, 1.54) is 6.92 Å². The van der Waals surface area contributed by atoms with Crippen LogP contribution in [0.25, 0.3) is 0 Å². The van der Waals surface area contributed by atoms with Crippen LogP contribution >= 0.6 is 0 Å². The predicted octanol–water partition coefficient (Wildman–Crippen LogP) is 2.92. The smallest absolute Gasteiger partial charge is 0.311 e. The van der Waals surface area contributed by atoms with Gasteiger partial charge in [0.2, 0.25) is 0 Å². The number of methoxy groups -OCH3 is 1. The second-order valence-corrected chi connectivity index (χ2v) is 20.4. The lowest BCUT2D eigenvalue weighted by Crippen LogP contribution is -2.71. The number of esters is 1. The van der Waals surface area contributed by atoms with Crippen LogP contribution in [-0.2, 0) is 33.2 Å². The number of cyclic esters (lactones) is 1. The maximum atomic E-state index is 14.6. The Balaban J connectivity index is 1.57. The van der Waals surface area contributed by atoms with E-state index >= 15 is 0 Å². The molecule has 18 atom stereocenters. The van der Waals surface area contributed by atoms with E-state index in [9.17, 15) is 25.2 Å². The first-order chi connectivity index (χ1) is 30.0. The van der Waals surface area contributed by atoms with Gasteiger partial charge in [0.15, 0.2) is 18.7 Å². The van der Waals surface area contributed by atoms with Crippen LogP contribution in [-0.4, -0.2) is 186 Å². The molecule has 1 aromatic carbocycles. The molecule has 16 nitrogen and oxygen atoms in total. The van der Waals surface area contributed by atoms with Crippen molar-refractivity contribution in [2.24, 2.45) is 17.8 Å². The molecule has 6 N–H and O–H groups in total. The van der Waals surface area contributed by atoms with Gasteiger partial charge in [-0.25, -0.2) is 0 Å². The molecule has 0 aromatic heterocycles. The van der Waals surface area contributed by atoms with Crippen molar-refractivity contribution in [3.05, 3.63) is 30.3 Å². The minimum absolute atomic E-state index is 0.115. The van der Waals surface area contributed by atoms with Crippen LogP contribution in [0.4, 0.5) is 0 Å². The minimum Gasteiger partial charge on any atom is -0.483 e. The third-order valence-electron chi connectivity index (χ3n) is 15.0. The maximum Gasteiger partial charge on any atom is 0.311 e. The number of nitrogens with one attached hydrogen (secondary N) is 2. The Morgan fingerprint density at radius 1 is 0.922 bits per heavy atom. The highest BCUT2D eigenvalue weighted by atomic mass is 16.7. The first-order valence-electron chi connectivity index (χ1n) is 23.8. The van der Waals surface area contributed by atoms with Crippen molar-refractivity contribution in [3.63, 3.8) is 0 Å². The summed E-state index contributed by atoms with van der Waals surface area (Å²) in [6, 6.07) is 8.69. The molecular formula is C48H84N4O12.